The molecule has 3 N–H and O–H groups in total. The average molecular weight is 469 g/mol. The molecule has 0 bridgehead atoms. The molecular weight excluding hydrogens is 450 g/mol. The number of hydrogen-bond acceptors (Lipinski definition) is 9. The van der Waals surface area contributed by atoms with Crippen molar-refractivity contribution >= 4 is 29.2 Å². The number of aliphatic hydroxyl groups is 1. The van der Waals surface area contributed by atoms with E-state index in [1.54, 1.807) is 18.2 Å². The van der Waals surface area contributed by atoms with Crippen LogP contribution in [0.3, 0.4) is 0 Å². The first kappa shape index (κ1) is 21.8. The van der Waals surface area contributed by atoms with Crippen molar-refractivity contribution < 1.29 is 39.0 Å². The highest BCUT2D eigenvalue weighted by molar-refractivity contribution is 6.24. The van der Waals surface area contributed by atoms with Gasteiger partial charge in [0.2, 0.25) is 11.8 Å². The van der Waals surface area contributed by atoms with Gasteiger partial charge in [0, 0.05) is 18.2 Å². The molecule has 12 nitrogen and oxygen atoms in total. The second-order valence-electron chi connectivity index (χ2n) is 8.25. The van der Waals surface area contributed by atoms with Gasteiger partial charge in [-0.15, -0.1) is 0 Å². The molecule has 2 amide bonds. The summed E-state index contributed by atoms with van der Waals surface area (Å²) < 4.78 is 11.1. The molecule has 0 aromatic heterocycles. The number of aliphatic carboxylic acids is 1. The van der Waals surface area contributed by atoms with Crippen LogP contribution in [0.25, 0.3) is 0 Å². The SMILES string of the molecule is O=C1C2C(c3ccc4c(c3)OCCO4)NC(CO)(C(=O)O)C2C(=O)N1c1cccc([N+](=O)[O-])c1. The van der Waals surface area contributed by atoms with Crippen molar-refractivity contribution in [2.24, 2.45) is 11.8 Å². The monoisotopic (exact) mass is 469 g/mol. The third kappa shape index (κ3) is 3.03. The molecule has 2 aromatic rings. The zero-order valence-corrected chi connectivity index (χ0v) is 17.5. The van der Waals surface area contributed by atoms with Crippen molar-refractivity contribution in [3.8, 4) is 11.5 Å². The van der Waals surface area contributed by atoms with Gasteiger partial charge in [-0.05, 0) is 23.8 Å². The predicted molar refractivity (Wildman–Crippen MR) is 113 cm³/mol. The van der Waals surface area contributed by atoms with E-state index in [9.17, 15) is 34.7 Å². The Balaban J connectivity index is 1.61. The number of benzene rings is 2. The Morgan fingerprint density at radius 1 is 1.15 bits per heavy atom. The summed E-state index contributed by atoms with van der Waals surface area (Å²) in [5, 5.41) is 34.1. The van der Waals surface area contributed by atoms with Crippen LogP contribution in [-0.2, 0) is 14.4 Å². The van der Waals surface area contributed by atoms with Crippen LogP contribution in [0, 0.1) is 22.0 Å². The first-order valence-corrected chi connectivity index (χ1v) is 10.4. The van der Waals surface area contributed by atoms with Crippen LogP contribution in [0.2, 0.25) is 0 Å². The lowest BCUT2D eigenvalue weighted by Gasteiger charge is -2.29. The smallest absolute Gasteiger partial charge is 0.327 e. The molecular formula is C22H19N3O9. The number of aliphatic hydroxyl groups excluding tert-OH is 1. The minimum Gasteiger partial charge on any atom is -0.486 e. The van der Waals surface area contributed by atoms with Gasteiger partial charge in [-0.2, -0.15) is 0 Å². The molecule has 12 heteroatoms. The molecule has 4 unspecified atom stereocenters. The maximum absolute atomic E-state index is 13.5. The Hall–Kier alpha value is -4.03. The first-order valence-electron chi connectivity index (χ1n) is 10.4. The minimum absolute atomic E-state index is 0.0447. The van der Waals surface area contributed by atoms with Gasteiger partial charge in [-0.3, -0.25) is 29.8 Å². The predicted octanol–water partition coefficient (Wildman–Crippen LogP) is 0.632. The fraction of sp³-hybridized carbons (Fsp3) is 0.318. The Bertz CT molecular complexity index is 1230. The van der Waals surface area contributed by atoms with Crippen LogP contribution in [0.4, 0.5) is 11.4 Å². The first-order chi connectivity index (χ1) is 16.3. The molecule has 2 fully saturated rings. The number of carboxylic acids is 1. The van der Waals surface area contributed by atoms with Crippen molar-refractivity contribution in [1.29, 1.82) is 0 Å². The van der Waals surface area contributed by atoms with Crippen LogP contribution < -0.4 is 19.7 Å². The normalized spacial score (nSPS) is 27.6. The van der Waals surface area contributed by atoms with E-state index in [4.69, 9.17) is 9.47 Å². The van der Waals surface area contributed by atoms with Crippen molar-refractivity contribution in [2.45, 2.75) is 11.6 Å². The Morgan fingerprint density at radius 2 is 1.88 bits per heavy atom. The molecule has 176 valence electrons. The van der Waals surface area contributed by atoms with Crippen LogP contribution >= 0.6 is 0 Å². The Kier molecular flexibility index (Phi) is 4.99. The maximum atomic E-state index is 13.5. The van der Waals surface area contributed by atoms with Crippen LogP contribution in [0.5, 0.6) is 11.5 Å². The second-order valence-corrected chi connectivity index (χ2v) is 8.25. The van der Waals surface area contributed by atoms with Crippen LogP contribution in [0.15, 0.2) is 42.5 Å². The number of imide groups is 1. The Labute approximate surface area is 191 Å². The van der Waals surface area contributed by atoms with Crippen LogP contribution in [-0.4, -0.2) is 58.3 Å². The van der Waals surface area contributed by atoms with E-state index in [2.05, 4.69) is 5.32 Å². The highest BCUT2D eigenvalue weighted by atomic mass is 16.6. The van der Waals surface area contributed by atoms with Gasteiger partial charge >= 0.3 is 5.97 Å². The van der Waals surface area contributed by atoms with E-state index in [1.165, 1.54) is 18.2 Å². The van der Waals surface area contributed by atoms with Crippen molar-refractivity contribution in [3.63, 3.8) is 0 Å². The van der Waals surface area contributed by atoms with E-state index in [0.29, 0.717) is 30.3 Å². The minimum atomic E-state index is -2.13. The summed E-state index contributed by atoms with van der Waals surface area (Å²) in [4.78, 5) is 50.6. The molecule has 4 atom stereocenters. The van der Waals surface area contributed by atoms with Crippen molar-refractivity contribution in [2.75, 3.05) is 24.7 Å². The number of amides is 2. The number of non-ortho nitro benzene ring substituents is 1. The summed E-state index contributed by atoms with van der Waals surface area (Å²) in [5.74, 6) is -4.81. The summed E-state index contributed by atoms with van der Waals surface area (Å²) in [5.41, 5.74) is -2.04. The fourth-order valence-electron chi connectivity index (χ4n) is 4.95. The third-order valence-corrected chi connectivity index (χ3v) is 6.51. The van der Waals surface area contributed by atoms with Gasteiger partial charge in [0.05, 0.1) is 29.1 Å². The van der Waals surface area contributed by atoms with E-state index in [-0.39, 0.29) is 11.4 Å². The molecule has 2 saturated heterocycles. The highest BCUT2D eigenvalue weighted by Gasteiger charge is 2.68. The lowest BCUT2D eigenvalue weighted by Crippen LogP contribution is -2.58. The van der Waals surface area contributed by atoms with Gasteiger partial charge in [0.1, 0.15) is 13.2 Å². The average Bonchev–Trinajstić information content (AvgIpc) is 3.33. The fourth-order valence-corrected chi connectivity index (χ4v) is 4.95. The molecule has 0 radical (unpaired) electrons. The number of nitrogens with one attached hydrogen (secondary N) is 1. The molecule has 3 aliphatic rings. The largest absolute Gasteiger partial charge is 0.486 e. The number of nitrogens with zero attached hydrogens (tertiary/aromatic N) is 2. The van der Waals surface area contributed by atoms with E-state index in [0.717, 1.165) is 11.0 Å². The molecule has 3 heterocycles. The molecule has 3 aliphatic heterocycles. The van der Waals surface area contributed by atoms with Crippen LogP contribution in [0.1, 0.15) is 11.6 Å². The zero-order chi connectivity index (χ0) is 24.2. The summed E-state index contributed by atoms with van der Waals surface area (Å²) in [6.45, 7) is -0.267. The summed E-state index contributed by atoms with van der Waals surface area (Å²) in [6.07, 6.45) is 0. The third-order valence-electron chi connectivity index (χ3n) is 6.51. The number of nitro groups is 1. The molecule has 34 heavy (non-hydrogen) atoms. The topological polar surface area (TPSA) is 169 Å². The summed E-state index contributed by atoms with van der Waals surface area (Å²) in [6, 6.07) is 8.88. The van der Waals surface area contributed by atoms with Gasteiger partial charge in [0.25, 0.3) is 5.69 Å². The number of hydrogen-bond donors (Lipinski definition) is 3. The number of fused-ring (bicyclic) bond motifs is 2. The number of carboxylic acid groups (broad SMARTS) is 1. The number of carbonyl (C=O) groups excluding carboxylic acids is 2. The quantitative estimate of drug-likeness (QED) is 0.321. The van der Waals surface area contributed by atoms with Gasteiger partial charge < -0.3 is 19.7 Å². The number of carbonyl (C=O) groups is 3. The Morgan fingerprint density at radius 3 is 2.56 bits per heavy atom. The zero-order valence-electron chi connectivity index (χ0n) is 17.5. The van der Waals surface area contributed by atoms with Gasteiger partial charge in [-0.25, -0.2) is 4.90 Å². The number of nitro benzene ring substituents is 1. The standard InChI is InChI=1S/C22H19N3O9/c26-10-22(21(29)30)17-16(18(23-22)11-4-5-14-15(8-11)34-7-6-33-14)19(27)24(20(17)28)12-2-1-3-13(9-12)25(31)32/h1-5,8-9,16-18,23,26H,6-7,10H2,(H,29,30). The number of rotatable bonds is 5. The molecule has 2 aromatic carbocycles. The highest BCUT2D eigenvalue weighted by Crippen LogP contribution is 2.50. The van der Waals surface area contributed by atoms with Gasteiger partial charge in [-0.1, -0.05) is 12.1 Å². The molecule has 0 saturated carbocycles. The maximum Gasteiger partial charge on any atom is 0.327 e. The molecule has 0 spiro atoms. The van der Waals surface area contributed by atoms with E-state index < -0.39 is 52.7 Å². The van der Waals surface area contributed by atoms with Crippen molar-refractivity contribution in [1.82, 2.24) is 5.32 Å². The summed E-state index contributed by atoms with van der Waals surface area (Å²) >= 11 is 0. The molecule has 0 aliphatic carbocycles. The van der Waals surface area contributed by atoms with E-state index in [1.807, 2.05) is 0 Å². The second kappa shape index (κ2) is 7.78. The molecule has 5 rings (SSSR count). The summed E-state index contributed by atoms with van der Waals surface area (Å²) in [7, 11) is 0. The number of ether oxygens (including phenoxy) is 2. The van der Waals surface area contributed by atoms with E-state index >= 15 is 0 Å². The lowest BCUT2D eigenvalue weighted by molar-refractivity contribution is -0.384. The lowest BCUT2D eigenvalue weighted by atomic mass is 9.79. The number of anilines is 1. The van der Waals surface area contributed by atoms with Crippen molar-refractivity contribution in [3.05, 3.63) is 58.1 Å². The van der Waals surface area contributed by atoms with Gasteiger partial charge in [0.15, 0.2) is 17.0 Å².